The van der Waals surface area contributed by atoms with E-state index in [1.165, 1.54) is 6.42 Å². The van der Waals surface area contributed by atoms with Crippen molar-refractivity contribution in [3.63, 3.8) is 0 Å². The summed E-state index contributed by atoms with van der Waals surface area (Å²) in [5, 5.41) is 0. The first-order valence-electron chi connectivity index (χ1n) is 7.22. The third-order valence-corrected chi connectivity index (χ3v) is 3.92. The van der Waals surface area contributed by atoms with Crippen LogP contribution in [0.5, 0.6) is 0 Å². The lowest BCUT2D eigenvalue weighted by Crippen LogP contribution is -2.47. The fraction of sp³-hybridized carbons (Fsp3) is 0.733. The molecule has 0 saturated carbocycles. The van der Waals surface area contributed by atoms with E-state index in [0.717, 1.165) is 30.5 Å². The zero-order chi connectivity index (χ0) is 14.0. The van der Waals surface area contributed by atoms with E-state index in [1.54, 1.807) is 0 Å². The molecule has 1 aromatic rings. The van der Waals surface area contributed by atoms with E-state index in [0.29, 0.717) is 12.6 Å². The highest BCUT2D eigenvalue weighted by molar-refractivity contribution is 5.34. The minimum atomic E-state index is 0.0545. The summed E-state index contributed by atoms with van der Waals surface area (Å²) < 4.78 is 0. The molecule has 0 aliphatic carbocycles. The first kappa shape index (κ1) is 14.3. The normalized spacial score (nSPS) is 24.6. The van der Waals surface area contributed by atoms with Crippen molar-refractivity contribution in [2.24, 2.45) is 11.7 Å². The molecule has 2 unspecified atom stereocenters. The summed E-state index contributed by atoms with van der Waals surface area (Å²) in [5.41, 5.74) is 7.06. The van der Waals surface area contributed by atoms with E-state index >= 15 is 0 Å². The molecule has 0 amide bonds. The van der Waals surface area contributed by atoms with E-state index in [9.17, 15) is 0 Å². The van der Waals surface area contributed by atoms with Gasteiger partial charge < -0.3 is 10.6 Å². The van der Waals surface area contributed by atoms with Crippen molar-refractivity contribution in [1.82, 2.24) is 9.97 Å². The van der Waals surface area contributed by atoms with Crippen LogP contribution in [0.2, 0.25) is 0 Å². The number of nitrogens with two attached hydrogens (primary N) is 1. The first-order chi connectivity index (χ1) is 8.91. The zero-order valence-electron chi connectivity index (χ0n) is 12.6. The Morgan fingerprint density at radius 1 is 1.42 bits per heavy atom. The number of rotatable bonds is 2. The molecule has 0 spiro atoms. The second-order valence-corrected chi connectivity index (χ2v) is 6.70. The fourth-order valence-corrected chi connectivity index (χ4v) is 2.64. The number of hydrogen-bond donors (Lipinski definition) is 1. The molecule has 19 heavy (non-hydrogen) atoms. The summed E-state index contributed by atoms with van der Waals surface area (Å²) in [5.74, 6) is 1.59. The molecule has 0 bridgehead atoms. The van der Waals surface area contributed by atoms with Crippen molar-refractivity contribution in [3.8, 4) is 0 Å². The van der Waals surface area contributed by atoms with Crippen molar-refractivity contribution in [2.45, 2.75) is 52.0 Å². The second kappa shape index (κ2) is 5.45. The van der Waals surface area contributed by atoms with Gasteiger partial charge in [-0.05, 0) is 24.8 Å². The molecule has 4 heteroatoms. The van der Waals surface area contributed by atoms with Crippen molar-refractivity contribution < 1.29 is 0 Å². The Bertz CT molecular complexity index is 424. The molecule has 2 heterocycles. The molecule has 2 N–H and O–H groups in total. The van der Waals surface area contributed by atoms with Gasteiger partial charge in [0, 0.05) is 30.7 Å². The monoisotopic (exact) mass is 262 g/mol. The van der Waals surface area contributed by atoms with Gasteiger partial charge in [-0.3, -0.25) is 0 Å². The fourth-order valence-electron chi connectivity index (χ4n) is 2.64. The Labute approximate surface area is 116 Å². The summed E-state index contributed by atoms with van der Waals surface area (Å²) in [7, 11) is 0. The topological polar surface area (TPSA) is 55.0 Å². The van der Waals surface area contributed by atoms with Gasteiger partial charge in [-0.1, -0.05) is 27.7 Å². The molecule has 2 atom stereocenters. The molecule has 2 rings (SSSR count). The molecule has 1 aliphatic rings. The van der Waals surface area contributed by atoms with Gasteiger partial charge >= 0.3 is 0 Å². The van der Waals surface area contributed by atoms with Gasteiger partial charge in [0.1, 0.15) is 0 Å². The summed E-state index contributed by atoms with van der Waals surface area (Å²) in [6.45, 7) is 10.5. The van der Waals surface area contributed by atoms with Crippen LogP contribution in [0.25, 0.3) is 0 Å². The van der Waals surface area contributed by atoms with E-state index in [2.05, 4.69) is 37.6 Å². The molecule has 1 fully saturated rings. The Morgan fingerprint density at radius 2 is 2.16 bits per heavy atom. The highest BCUT2D eigenvalue weighted by Gasteiger charge is 2.28. The van der Waals surface area contributed by atoms with E-state index in [-0.39, 0.29) is 5.41 Å². The van der Waals surface area contributed by atoms with Crippen molar-refractivity contribution >= 4 is 5.95 Å². The van der Waals surface area contributed by atoms with Crippen molar-refractivity contribution in [2.75, 3.05) is 18.0 Å². The second-order valence-electron chi connectivity index (χ2n) is 6.70. The van der Waals surface area contributed by atoms with Crippen LogP contribution in [-0.2, 0) is 5.41 Å². The summed E-state index contributed by atoms with van der Waals surface area (Å²) in [6.07, 6.45) is 4.20. The minimum absolute atomic E-state index is 0.0545. The maximum absolute atomic E-state index is 5.92. The van der Waals surface area contributed by atoms with Crippen LogP contribution in [-0.4, -0.2) is 29.1 Å². The number of piperidine rings is 1. The summed E-state index contributed by atoms with van der Waals surface area (Å²) in [4.78, 5) is 11.5. The van der Waals surface area contributed by atoms with Crippen molar-refractivity contribution in [3.05, 3.63) is 18.0 Å². The van der Waals surface area contributed by atoms with Crippen LogP contribution in [0.4, 0.5) is 5.95 Å². The molecule has 106 valence electrons. The number of aromatic nitrogens is 2. The molecule has 4 nitrogen and oxygen atoms in total. The Hall–Kier alpha value is -1.16. The SMILES string of the molecule is CC1CCN(c2nccc(C(C)(C)C)n2)C(CN)C1. The predicted octanol–water partition coefficient (Wildman–Crippen LogP) is 2.34. The van der Waals surface area contributed by atoms with Gasteiger partial charge in [0.25, 0.3) is 0 Å². The van der Waals surface area contributed by atoms with Crippen LogP contribution in [0.15, 0.2) is 12.3 Å². The van der Waals surface area contributed by atoms with Crippen LogP contribution < -0.4 is 10.6 Å². The number of nitrogens with zero attached hydrogens (tertiary/aromatic N) is 3. The largest absolute Gasteiger partial charge is 0.337 e. The Morgan fingerprint density at radius 3 is 2.79 bits per heavy atom. The van der Waals surface area contributed by atoms with Gasteiger partial charge in [0.05, 0.1) is 5.69 Å². The lowest BCUT2D eigenvalue weighted by Gasteiger charge is -2.38. The Balaban J connectivity index is 2.25. The van der Waals surface area contributed by atoms with E-state index < -0.39 is 0 Å². The lowest BCUT2D eigenvalue weighted by molar-refractivity contribution is 0.362. The molecule has 1 saturated heterocycles. The number of hydrogen-bond acceptors (Lipinski definition) is 4. The van der Waals surface area contributed by atoms with Crippen LogP contribution in [0, 0.1) is 5.92 Å². The van der Waals surface area contributed by atoms with E-state index in [1.807, 2.05) is 12.3 Å². The van der Waals surface area contributed by atoms with Gasteiger partial charge in [-0.25, -0.2) is 9.97 Å². The highest BCUT2D eigenvalue weighted by atomic mass is 15.3. The van der Waals surface area contributed by atoms with Crippen LogP contribution >= 0.6 is 0 Å². The zero-order valence-corrected chi connectivity index (χ0v) is 12.6. The Kier molecular flexibility index (Phi) is 4.09. The summed E-state index contributed by atoms with van der Waals surface area (Å²) in [6, 6.07) is 2.38. The van der Waals surface area contributed by atoms with Gasteiger partial charge in [-0.2, -0.15) is 0 Å². The average molecular weight is 262 g/mol. The van der Waals surface area contributed by atoms with E-state index in [4.69, 9.17) is 10.7 Å². The number of anilines is 1. The third kappa shape index (κ3) is 3.24. The van der Waals surface area contributed by atoms with Gasteiger partial charge in [0.2, 0.25) is 5.95 Å². The standard InChI is InChI=1S/C15H26N4/c1-11-6-8-19(12(9-11)10-16)14-17-7-5-13(18-14)15(2,3)4/h5,7,11-12H,6,8-10,16H2,1-4H3. The average Bonchev–Trinajstić information content (AvgIpc) is 2.37. The molecular weight excluding hydrogens is 236 g/mol. The highest BCUT2D eigenvalue weighted by Crippen LogP contribution is 2.27. The molecule has 1 aliphatic heterocycles. The smallest absolute Gasteiger partial charge is 0.225 e. The van der Waals surface area contributed by atoms with Crippen molar-refractivity contribution in [1.29, 1.82) is 0 Å². The lowest BCUT2D eigenvalue weighted by atomic mass is 9.91. The van der Waals surface area contributed by atoms with Gasteiger partial charge in [0.15, 0.2) is 0 Å². The third-order valence-electron chi connectivity index (χ3n) is 3.92. The maximum atomic E-state index is 5.92. The molecular formula is C15H26N4. The first-order valence-corrected chi connectivity index (χ1v) is 7.22. The van der Waals surface area contributed by atoms with Gasteiger partial charge in [-0.15, -0.1) is 0 Å². The predicted molar refractivity (Wildman–Crippen MR) is 79.3 cm³/mol. The van der Waals surface area contributed by atoms with Crippen LogP contribution in [0.1, 0.15) is 46.2 Å². The molecule has 0 radical (unpaired) electrons. The maximum Gasteiger partial charge on any atom is 0.225 e. The quantitative estimate of drug-likeness (QED) is 0.889. The minimum Gasteiger partial charge on any atom is -0.337 e. The summed E-state index contributed by atoms with van der Waals surface area (Å²) >= 11 is 0. The van der Waals surface area contributed by atoms with Crippen LogP contribution in [0.3, 0.4) is 0 Å². The molecule has 1 aromatic heterocycles. The molecule has 0 aromatic carbocycles.